The molecule has 6 rings (SSSR count). The summed E-state index contributed by atoms with van der Waals surface area (Å²) in [6.45, 7) is 7.90. The van der Waals surface area contributed by atoms with Crippen molar-refractivity contribution in [3.63, 3.8) is 0 Å². The summed E-state index contributed by atoms with van der Waals surface area (Å²) in [5.74, 6) is 0.676. The average Bonchev–Trinajstić information content (AvgIpc) is 3.24. The largest absolute Gasteiger partial charge is 0.513 e. The van der Waals surface area contributed by atoms with Gasteiger partial charge in [0.05, 0.1) is 16.9 Å². The van der Waals surface area contributed by atoms with E-state index in [0.717, 1.165) is 22.3 Å². The minimum atomic E-state index is -0.531. The van der Waals surface area contributed by atoms with Gasteiger partial charge in [-0.25, -0.2) is 0 Å². The Morgan fingerprint density at radius 1 is 0.650 bits per heavy atom. The van der Waals surface area contributed by atoms with Gasteiger partial charge in [0.25, 0.3) is 0 Å². The van der Waals surface area contributed by atoms with Gasteiger partial charge in [-0.15, -0.1) is 0 Å². The SMILES string of the molecule is CC/C(O)=C\c1ccc(C2(c3ccc(/C=C(\C)O)c(C)c3)c3ccccc3-c3cc4ccccc4cc32)cc1C. The third-order valence-electron chi connectivity index (χ3n) is 8.37. The van der Waals surface area contributed by atoms with Crippen LogP contribution >= 0.6 is 0 Å². The van der Waals surface area contributed by atoms with Gasteiger partial charge in [0.15, 0.2) is 0 Å². The Labute approximate surface area is 236 Å². The van der Waals surface area contributed by atoms with E-state index < -0.39 is 5.41 Å². The molecule has 0 aromatic heterocycles. The lowest BCUT2D eigenvalue weighted by atomic mass is 9.66. The zero-order valence-corrected chi connectivity index (χ0v) is 23.5. The number of allylic oxidation sites excluding steroid dienone is 2. The van der Waals surface area contributed by atoms with Crippen LogP contribution in [-0.4, -0.2) is 10.2 Å². The van der Waals surface area contributed by atoms with Crippen LogP contribution in [0.3, 0.4) is 0 Å². The summed E-state index contributed by atoms with van der Waals surface area (Å²) in [4.78, 5) is 0. The normalized spacial score (nSPS) is 16.7. The third-order valence-corrected chi connectivity index (χ3v) is 8.37. The second kappa shape index (κ2) is 9.88. The molecule has 0 saturated heterocycles. The van der Waals surface area contributed by atoms with Crippen molar-refractivity contribution in [1.82, 2.24) is 0 Å². The van der Waals surface area contributed by atoms with Gasteiger partial charge < -0.3 is 10.2 Å². The van der Waals surface area contributed by atoms with E-state index in [9.17, 15) is 10.2 Å². The second-order valence-corrected chi connectivity index (χ2v) is 11.0. The molecule has 0 amide bonds. The van der Waals surface area contributed by atoms with Gasteiger partial charge in [0.2, 0.25) is 0 Å². The first-order chi connectivity index (χ1) is 19.3. The molecule has 5 aromatic rings. The fourth-order valence-electron chi connectivity index (χ4n) is 6.40. The van der Waals surface area contributed by atoms with Crippen LogP contribution in [-0.2, 0) is 5.41 Å². The number of rotatable bonds is 5. The number of fused-ring (bicyclic) bond motifs is 4. The highest BCUT2D eigenvalue weighted by atomic mass is 16.3. The molecule has 0 fully saturated rings. The van der Waals surface area contributed by atoms with Crippen LogP contribution in [0.2, 0.25) is 0 Å². The van der Waals surface area contributed by atoms with Crippen LogP contribution in [0.5, 0.6) is 0 Å². The Hall–Kier alpha value is -4.56. The standard InChI is InChI=1S/C38H34O2/c1-5-33(40)21-28-15-17-32(19-25(28)3)38(31-16-14-27(20-26(4)39)24(2)18-31)36-13-9-8-12-34(36)35-22-29-10-6-7-11-30(29)23-37(35)38/h6-23,39-40H,5H2,1-4H3/b26-20+,33-21+. The molecular formula is C38H34O2. The lowest BCUT2D eigenvalue weighted by Crippen LogP contribution is -2.29. The van der Waals surface area contributed by atoms with Crippen molar-refractivity contribution in [1.29, 1.82) is 0 Å². The van der Waals surface area contributed by atoms with E-state index in [-0.39, 0.29) is 0 Å². The van der Waals surface area contributed by atoms with Gasteiger partial charge in [0.1, 0.15) is 0 Å². The summed E-state index contributed by atoms with van der Waals surface area (Å²) < 4.78 is 0. The number of hydrogen-bond acceptors (Lipinski definition) is 2. The predicted molar refractivity (Wildman–Crippen MR) is 168 cm³/mol. The van der Waals surface area contributed by atoms with Crippen molar-refractivity contribution in [2.24, 2.45) is 0 Å². The molecule has 0 saturated carbocycles. The Kier molecular flexibility index (Phi) is 6.35. The summed E-state index contributed by atoms with van der Waals surface area (Å²) in [5.41, 5.74) is 11.2. The van der Waals surface area contributed by atoms with E-state index in [1.165, 1.54) is 44.2 Å². The van der Waals surface area contributed by atoms with Gasteiger partial charge in [-0.3, -0.25) is 0 Å². The maximum Gasteiger partial charge on any atom is 0.0925 e. The minimum absolute atomic E-state index is 0.295. The Morgan fingerprint density at radius 2 is 1.23 bits per heavy atom. The quantitative estimate of drug-likeness (QED) is 0.221. The highest BCUT2D eigenvalue weighted by Gasteiger charge is 2.46. The summed E-state index contributed by atoms with van der Waals surface area (Å²) in [6, 6.07) is 35.4. The molecule has 40 heavy (non-hydrogen) atoms. The molecule has 1 aliphatic rings. The lowest BCUT2D eigenvalue weighted by Gasteiger charge is -2.35. The second-order valence-electron chi connectivity index (χ2n) is 11.0. The Bertz CT molecular complexity index is 1830. The molecule has 2 nitrogen and oxygen atoms in total. The molecule has 2 N–H and O–H groups in total. The number of aliphatic hydroxyl groups is 2. The number of hydrogen-bond donors (Lipinski definition) is 2. The maximum atomic E-state index is 10.3. The summed E-state index contributed by atoms with van der Waals surface area (Å²) in [7, 11) is 0. The summed E-state index contributed by atoms with van der Waals surface area (Å²) in [6.07, 6.45) is 4.30. The summed E-state index contributed by atoms with van der Waals surface area (Å²) >= 11 is 0. The number of aryl methyl sites for hydroxylation is 2. The highest BCUT2D eigenvalue weighted by molar-refractivity contribution is 5.96. The van der Waals surface area contributed by atoms with E-state index in [4.69, 9.17) is 0 Å². The van der Waals surface area contributed by atoms with E-state index in [2.05, 4.69) is 111 Å². The van der Waals surface area contributed by atoms with Crippen molar-refractivity contribution in [2.75, 3.05) is 0 Å². The van der Waals surface area contributed by atoms with E-state index in [1.54, 1.807) is 6.92 Å². The number of aliphatic hydroxyl groups excluding tert-OH is 2. The van der Waals surface area contributed by atoms with Crippen molar-refractivity contribution in [2.45, 2.75) is 39.5 Å². The first-order valence-electron chi connectivity index (χ1n) is 13.9. The minimum Gasteiger partial charge on any atom is -0.513 e. The van der Waals surface area contributed by atoms with Crippen LogP contribution in [0.1, 0.15) is 64.8 Å². The molecule has 0 bridgehead atoms. The van der Waals surface area contributed by atoms with Gasteiger partial charge in [0, 0.05) is 6.42 Å². The monoisotopic (exact) mass is 522 g/mol. The third kappa shape index (κ3) is 4.03. The molecule has 1 atom stereocenters. The van der Waals surface area contributed by atoms with E-state index >= 15 is 0 Å². The molecule has 2 heteroatoms. The fourth-order valence-corrected chi connectivity index (χ4v) is 6.40. The zero-order chi connectivity index (χ0) is 28.0. The van der Waals surface area contributed by atoms with Crippen molar-refractivity contribution in [3.8, 4) is 11.1 Å². The Balaban J connectivity index is 1.72. The molecule has 198 valence electrons. The van der Waals surface area contributed by atoms with Gasteiger partial charge in [-0.05, 0) is 111 Å². The van der Waals surface area contributed by atoms with Crippen molar-refractivity contribution in [3.05, 3.63) is 153 Å². The van der Waals surface area contributed by atoms with Crippen LogP contribution < -0.4 is 0 Å². The summed E-state index contributed by atoms with van der Waals surface area (Å²) in [5, 5.41) is 22.7. The van der Waals surface area contributed by atoms with Gasteiger partial charge >= 0.3 is 0 Å². The topological polar surface area (TPSA) is 40.5 Å². The smallest absolute Gasteiger partial charge is 0.0925 e. The molecule has 5 aromatic carbocycles. The van der Waals surface area contributed by atoms with Crippen LogP contribution in [0, 0.1) is 13.8 Å². The van der Waals surface area contributed by atoms with Crippen LogP contribution in [0.15, 0.2) is 109 Å². The first-order valence-corrected chi connectivity index (χ1v) is 13.9. The van der Waals surface area contributed by atoms with Gasteiger partial charge in [-0.1, -0.05) is 91.9 Å². The average molecular weight is 523 g/mol. The highest BCUT2D eigenvalue weighted by Crippen LogP contribution is 2.57. The molecule has 1 aliphatic carbocycles. The number of benzene rings is 5. The lowest BCUT2D eigenvalue weighted by molar-refractivity contribution is 0.400. The molecule has 0 heterocycles. The molecule has 0 spiro atoms. The molecular weight excluding hydrogens is 488 g/mol. The van der Waals surface area contributed by atoms with Gasteiger partial charge in [-0.2, -0.15) is 0 Å². The molecule has 0 aliphatic heterocycles. The van der Waals surface area contributed by atoms with E-state index in [0.29, 0.717) is 17.9 Å². The van der Waals surface area contributed by atoms with Crippen molar-refractivity contribution >= 4 is 22.9 Å². The van der Waals surface area contributed by atoms with E-state index in [1.807, 2.05) is 19.1 Å². The molecule has 0 radical (unpaired) electrons. The van der Waals surface area contributed by atoms with Crippen molar-refractivity contribution < 1.29 is 10.2 Å². The zero-order valence-electron chi connectivity index (χ0n) is 23.5. The van der Waals surface area contributed by atoms with Crippen LogP contribution in [0.25, 0.3) is 34.1 Å². The predicted octanol–water partition coefficient (Wildman–Crippen LogP) is 10.0. The first kappa shape index (κ1) is 25.7. The fraction of sp³-hybridized carbons (Fsp3) is 0.158. The maximum absolute atomic E-state index is 10.3. The van der Waals surface area contributed by atoms with Crippen LogP contribution in [0.4, 0.5) is 0 Å². The Morgan fingerprint density at radius 3 is 1.82 bits per heavy atom. The molecule has 1 unspecified atom stereocenters.